The molecule has 8 heteroatoms. The second kappa shape index (κ2) is 5.63. The van der Waals surface area contributed by atoms with Gasteiger partial charge < -0.3 is 4.74 Å². The van der Waals surface area contributed by atoms with Crippen LogP contribution in [0.15, 0.2) is 23.0 Å². The van der Waals surface area contributed by atoms with Gasteiger partial charge in [0.15, 0.2) is 0 Å². The summed E-state index contributed by atoms with van der Waals surface area (Å²) in [4.78, 5) is 16.0. The number of hydrogen-bond donors (Lipinski definition) is 1. The third kappa shape index (κ3) is 2.49. The van der Waals surface area contributed by atoms with Gasteiger partial charge in [-0.1, -0.05) is 6.07 Å². The first kappa shape index (κ1) is 13.2. The molecule has 1 aromatic carbocycles. The molecule has 1 heterocycles. The van der Waals surface area contributed by atoms with Gasteiger partial charge >= 0.3 is 5.69 Å². The fraction of sp³-hybridized carbons (Fsp3) is 0.364. The minimum Gasteiger partial charge on any atom is -0.493 e. The molecule has 0 amide bonds. The molecule has 0 aliphatic rings. The number of aromatic nitrogens is 4. The summed E-state index contributed by atoms with van der Waals surface area (Å²) in [5, 5.41) is 16.1. The van der Waals surface area contributed by atoms with Crippen LogP contribution in [0.3, 0.4) is 0 Å². The van der Waals surface area contributed by atoms with E-state index in [1.54, 1.807) is 18.2 Å². The van der Waals surface area contributed by atoms with Crippen LogP contribution in [0, 0.1) is 0 Å². The summed E-state index contributed by atoms with van der Waals surface area (Å²) in [6, 6.07) is 5.12. The van der Waals surface area contributed by atoms with E-state index >= 15 is 0 Å². The number of rotatable bonds is 5. The van der Waals surface area contributed by atoms with Gasteiger partial charge in [0.2, 0.25) is 0 Å². The lowest BCUT2D eigenvalue weighted by atomic mass is 10.1. The summed E-state index contributed by atoms with van der Waals surface area (Å²) in [7, 11) is 1.50. The van der Waals surface area contributed by atoms with Gasteiger partial charge in [-0.05, 0) is 29.5 Å². The third-order valence-electron chi connectivity index (χ3n) is 2.57. The molecule has 1 aromatic heterocycles. The number of hydrogen-bond acceptors (Lipinski definition) is 6. The van der Waals surface area contributed by atoms with E-state index in [1.807, 2.05) is 6.92 Å². The van der Waals surface area contributed by atoms with E-state index in [4.69, 9.17) is 9.99 Å². The summed E-state index contributed by atoms with van der Waals surface area (Å²) in [5.41, 5.74) is 0.584. The number of tetrazole rings is 1. The Morgan fingerprint density at radius 1 is 1.37 bits per heavy atom. The van der Waals surface area contributed by atoms with Gasteiger partial charge in [0, 0.05) is 12.6 Å². The molecular weight excluding hydrogens is 252 g/mol. The summed E-state index contributed by atoms with van der Waals surface area (Å²) in [6.45, 7) is 2.18. The Hall–Kier alpha value is -2.19. The number of ether oxygens (including phenoxy) is 1. The second-order valence-corrected chi connectivity index (χ2v) is 3.76. The van der Waals surface area contributed by atoms with Crippen molar-refractivity contribution in [3.63, 3.8) is 0 Å². The van der Waals surface area contributed by atoms with Gasteiger partial charge in [0.25, 0.3) is 0 Å². The molecule has 1 N–H and O–H groups in total. The summed E-state index contributed by atoms with van der Waals surface area (Å²) < 4.78 is 7.67. The predicted octanol–water partition coefficient (Wildman–Crippen LogP) is 0.354. The Morgan fingerprint density at radius 3 is 2.74 bits per heavy atom. The smallest absolute Gasteiger partial charge is 0.368 e. The average molecular weight is 266 g/mol. The van der Waals surface area contributed by atoms with Crippen molar-refractivity contribution in [2.45, 2.75) is 13.5 Å². The summed E-state index contributed by atoms with van der Waals surface area (Å²) in [6.07, 6.45) is 0. The maximum absolute atomic E-state index is 11.9. The van der Waals surface area contributed by atoms with Gasteiger partial charge in [0.05, 0.1) is 12.3 Å². The number of benzene rings is 1. The molecule has 0 radical (unpaired) electrons. The van der Waals surface area contributed by atoms with Gasteiger partial charge in [-0.3, -0.25) is 5.26 Å². The lowest BCUT2D eigenvalue weighted by molar-refractivity contribution is -0.253. The molecular formula is C11H14N4O4. The predicted molar refractivity (Wildman–Crippen MR) is 65.2 cm³/mol. The molecule has 19 heavy (non-hydrogen) atoms. The topological polar surface area (TPSA) is 91.4 Å². The highest BCUT2D eigenvalue weighted by molar-refractivity contribution is 5.48. The largest absolute Gasteiger partial charge is 0.493 e. The SMILES string of the molecule is CCOc1cccc(-n2nnn(C)c2=O)c1COO. The second-order valence-electron chi connectivity index (χ2n) is 3.76. The van der Waals surface area contributed by atoms with Gasteiger partial charge in [0.1, 0.15) is 12.4 Å². The highest BCUT2D eigenvalue weighted by atomic mass is 17.1. The molecule has 0 bridgehead atoms. The molecule has 0 saturated heterocycles. The van der Waals surface area contributed by atoms with E-state index in [1.165, 1.54) is 7.05 Å². The molecule has 102 valence electrons. The zero-order valence-electron chi connectivity index (χ0n) is 10.6. The van der Waals surface area contributed by atoms with Gasteiger partial charge in [-0.25, -0.2) is 9.68 Å². The fourth-order valence-corrected chi connectivity index (χ4v) is 1.72. The van der Waals surface area contributed by atoms with Crippen LogP contribution in [-0.4, -0.2) is 31.7 Å². The molecule has 2 aromatic rings. The molecule has 8 nitrogen and oxygen atoms in total. The van der Waals surface area contributed by atoms with E-state index in [0.717, 1.165) is 9.36 Å². The lowest BCUT2D eigenvalue weighted by Crippen LogP contribution is -2.23. The highest BCUT2D eigenvalue weighted by Crippen LogP contribution is 2.25. The average Bonchev–Trinajstić information content (AvgIpc) is 2.73. The maximum atomic E-state index is 11.9. The minimum atomic E-state index is -0.396. The molecule has 0 unspecified atom stereocenters. The molecule has 0 spiro atoms. The Balaban J connectivity index is 2.59. The Bertz CT molecular complexity index is 619. The Labute approximate surface area is 108 Å². The quantitative estimate of drug-likeness (QED) is 0.620. The van der Waals surface area contributed by atoms with Gasteiger partial charge in [-0.2, -0.15) is 9.36 Å². The Kier molecular flexibility index (Phi) is 3.93. The minimum absolute atomic E-state index is 0.117. The monoisotopic (exact) mass is 266 g/mol. The highest BCUT2D eigenvalue weighted by Gasteiger charge is 2.15. The fourth-order valence-electron chi connectivity index (χ4n) is 1.72. The van der Waals surface area contributed by atoms with Crippen LogP contribution in [-0.2, 0) is 18.5 Å². The van der Waals surface area contributed by atoms with Crippen molar-refractivity contribution in [3.05, 3.63) is 34.2 Å². The van der Waals surface area contributed by atoms with Crippen molar-refractivity contribution in [2.75, 3.05) is 6.61 Å². The van der Waals surface area contributed by atoms with Crippen LogP contribution < -0.4 is 10.4 Å². The first-order chi connectivity index (χ1) is 9.19. The van der Waals surface area contributed by atoms with Crippen molar-refractivity contribution >= 4 is 0 Å². The molecule has 0 aliphatic heterocycles. The lowest BCUT2D eigenvalue weighted by Gasteiger charge is -2.12. The van der Waals surface area contributed by atoms with Crippen molar-refractivity contribution < 1.29 is 14.9 Å². The van der Waals surface area contributed by atoms with Crippen LogP contribution in [0.25, 0.3) is 5.69 Å². The first-order valence-corrected chi connectivity index (χ1v) is 5.69. The van der Waals surface area contributed by atoms with Gasteiger partial charge in [-0.15, -0.1) is 0 Å². The van der Waals surface area contributed by atoms with Crippen LogP contribution in [0.2, 0.25) is 0 Å². The number of aryl methyl sites for hydroxylation is 1. The molecule has 0 atom stereocenters. The van der Waals surface area contributed by atoms with E-state index < -0.39 is 5.69 Å². The summed E-state index contributed by atoms with van der Waals surface area (Å²) >= 11 is 0. The molecule has 0 fully saturated rings. The molecule has 2 rings (SSSR count). The zero-order chi connectivity index (χ0) is 13.8. The third-order valence-corrected chi connectivity index (χ3v) is 2.57. The first-order valence-electron chi connectivity index (χ1n) is 5.69. The Morgan fingerprint density at radius 2 is 2.16 bits per heavy atom. The van der Waals surface area contributed by atoms with Crippen molar-refractivity contribution in [1.29, 1.82) is 0 Å². The van der Waals surface area contributed by atoms with Crippen LogP contribution >= 0.6 is 0 Å². The van der Waals surface area contributed by atoms with Crippen molar-refractivity contribution in [2.24, 2.45) is 7.05 Å². The van der Waals surface area contributed by atoms with Crippen LogP contribution in [0.1, 0.15) is 12.5 Å². The van der Waals surface area contributed by atoms with E-state index in [-0.39, 0.29) is 6.61 Å². The normalized spacial score (nSPS) is 10.7. The zero-order valence-corrected chi connectivity index (χ0v) is 10.6. The molecule has 0 saturated carbocycles. The maximum Gasteiger partial charge on any atom is 0.368 e. The standard InChI is InChI=1S/C11H14N4O4/c1-3-18-10-6-4-5-9(8(10)7-19-17)15-11(16)14(2)12-13-15/h4-6,17H,3,7H2,1-2H3. The van der Waals surface area contributed by atoms with E-state index in [2.05, 4.69) is 15.3 Å². The van der Waals surface area contributed by atoms with Crippen LogP contribution in [0.5, 0.6) is 5.75 Å². The van der Waals surface area contributed by atoms with Crippen molar-refractivity contribution in [3.8, 4) is 11.4 Å². The summed E-state index contributed by atoms with van der Waals surface area (Å²) in [5.74, 6) is 0.520. The van der Waals surface area contributed by atoms with Crippen molar-refractivity contribution in [1.82, 2.24) is 19.8 Å². The van der Waals surface area contributed by atoms with E-state index in [9.17, 15) is 4.79 Å². The molecule has 0 aliphatic carbocycles. The van der Waals surface area contributed by atoms with E-state index in [0.29, 0.717) is 23.6 Å². The van der Waals surface area contributed by atoms with Crippen LogP contribution in [0.4, 0.5) is 0 Å². The number of nitrogens with zero attached hydrogens (tertiary/aromatic N) is 4.